The van der Waals surface area contributed by atoms with Crippen molar-refractivity contribution in [1.82, 2.24) is 20.1 Å². The van der Waals surface area contributed by atoms with Crippen molar-refractivity contribution < 1.29 is 52.8 Å². The third-order valence-electron chi connectivity index (χ3n) is 14.5. The van der Waals surface area contributed by atoms with Crippen molar-refractivity contribution in [3.05, 3.63) is 166 Å². The maximum absolute atomic E-state index is 14.7. The van der Waals surface area contributed by atoms with E-state index in [9.17, 15) is 29.1 Å². The lowest BCUT2D eigenvalue weighted by molar-refractivity contribution is -0.127. The van der Waals surface area contributed by atoms with Crippen molar-refractivity contribution in [2.75, 3.05) is 24.4 Å². The second-order valence-electron chi connectivity index (χ2n) is 20.0. The van der Waals surface area contributed by atoms with Crippen LogP contribution in [0.1, 0.15) is 80.7 Å². The zero-order chi connectivity index (χ0) is 54.8. The van der Waals surface area contributed by atoms with E-state index in [-0.39, 0.29) is 73.4 Å². The summed E-state index contributed by atoms with van der Waals surface area (Å²) < 4.78 is 30.0. The van der Waals surface area contributed by atoms with Crippen LogP contribution in [0.4, 0.5) is 21.9 Å². The SMILES string of the molecule is COc1cc2c(cc1OCc1cccc(COc3cc4c(cc3OC)C(=O)N3Cc5ccccc5CC3C(O)N4C(=O)OCc3ccc(NC(=O)[C@H](C)NC(=O)[C@@H](N)C(C)C)cc3)n1)N=C[C@@H]1Cc3ccccc3CN1C2=O. The minimum Gasteiger partial charge on any atom is -0.493 e. The minimum atomic E-state index is -1.56. The molecule has 0 bridgehead atoms. The molecule has 4 aliphatic heterocycles. The first-order chi connectivity index (χ1) is 37.7. The number of nitrogens with zero attached hydrogens (tertiary/aromatic N) is 5. The smallest absolute Gasteiger partial charge is 0.416 e. The van der Waals surface area contributed by atoms with Crippen molar-refractivity contribution in [3.8, 4) is 23.0 Å². The Kier molecular flexibility index (Phi) is 15.1. The Morgan fingerprint density at radius 2 is 1.28 bits per heavy atom. The fourth-order valence-electron chi connectivity index (χ4n) is 10.0. The van der Waals surface area contributed by atoms with Crippen LogP contribution in [-0.4, -0.2) is 100 Å². The maximum Gasteiger partial charge on any atom is 0.416 e. The highest BCUT2D eigenvalue weighted by atomic mass is 16.6. The fraction of sp³-hybridized carbons (Fsp3) is 0.305. The van der Waals surface area contributed by atoms with E-state index in [0.29, 0.717) is 58.4 Å². The summed E-state index contributed by atoms with van der Waals surface area (Å²) in [6.07, 6.45) is 0.251. The predicted octanol–water partition coefficient (Wildman–Crippen LogP) is 7.01. The third kappa shape index (κ3) is 10.8. The second kappa shape index (κ2) is 22.4. The number of aliphatic imine (C=N–C) groups is 1. The number of carbonyl (C=O) groups is 5. The van der Waals surface area contributed by atoms with Gasteiger partial charge < -0.3 is 55.0 Å². The van der Waals surface area contributed by atoms with Crippen LogP contribution in [0.3, 0.4) is 0 Å². The van der Waals surface area contributed by atoms with Gasteiger partial charge in [0, 0.05) is 37.1 Å². The van der Waals surface area contributed by atoms with Crippen LogP contribution in [0, 0.1) is 5.92 Å². The predicted molar refractivity (Wildman–Crippen MR) is 289 cm³/mol. The Bertz CT molecular complexity index is 3330. The molecule has 5 heterocycles. The van der Waals surface area contributed by atoms with Gasteiger partial charge in [0.15, 0.2) is 29.2 Å². The molecule has 0 radical (unpaired) electrons. The molecular weight excluding hydrogens is 997 g/mol. The molecule has 78 heavy (non-hydrogen) atoms. The van der Waals surface area contributed by atoms with Crippen molar-refractivity contribution in [2.45, 2.75) is 96.9 Å². The zero-order valence-corrected chi connectivity index (χ0v) is 43.8. The van der Waals surface area contributed by atoms with Crippen LogP contribution in [0.2, 0.25) is 0 Å². The first-order valence-corrected chi connectivity index (χ1v) is 25.7. The van der Waals surface area contributed by atoms with E-state index in [1.807, 2.05) is 73.5 Å². The van der Waals surface area contributed by atoms with Gasteiger partial charge >= 0.3 is 6.09 Å². The summed E-state index contributed by atoms with van der Waals surface area (Å²) in [7, 11) is 2.95. The molecule has 10 rings (SSSR count). The Morgan fingerprint density at radius 1 is 0.692 bits per heavy atom. The third-order valence-corrected chi connectivity index (χ3v) is 14.5. The summed E-state index contributed by atoms with van der Waals surface area (Å²) in [5.41, 5.74) is 13.2. The van der Waals surface area contributed by atoms with Crippen molar-refractivity contribution in [2.24, 2.45) is 16.6 Å². The quantitative estimate of drug-likeness (QED) is 0.0811. The molecule has 0 spiro atoms. The molecule has 1 aromatic heterocycles. The lowest BCUT2D eigenvalue weighted by Crippen LogP contribution is -2.55. The topological polar surface area (TPSA) is 237 Å². The molecule has 19 heteroatoms. The molecule has 6 aromatic rings. The van der Waals surface area contributed by atoms with Crippen molar-refractivity contribution >= 4 is 53.0 Å². The standard InChI is InChI=1S/C59H60N8O11/c1-33(2)53(60)55(69)62-34(3)54(68)64-40-19-17-35(18-20-40)30-78-59(73)67-47-26-52(50(75-5)24-45(47)57(71)66-29-39-14-9-7-12-37(39)22-48(66)58(67)72)77-32-42-16-10-15-41(63-42)31-76-51-25-46-44(23-49(51)74-4)56(70)65-28-38-13-8-6-11-36(38)21-43(65)27-61-46/h6-20,23-27,33-34,43,48,53,58,72H,21-22,28-32,60H2,1-5H3,(H,62,69)(H,64,68)/t34-,43-,48?,53-,58?/m0/s1. The number of ether oxygens (including phenoxy) is 5. The summed E-state index contributed by atoms with van der Waals surface area (Å²) >= 11 is 0. The minimum absolute atomic E-state index is 0.0287. The molecule has 0 saturated carbocycles. The number of aliphatic hydroxyl groups is 1. The number of nitrogens with two attached hydrogens (primary N) is 1. The molecule has 0 aliphatic carbocycles. The number of fused-ring (bicyclic) bond motifs is 6. The first-order valence-electron chi connectivity index (χ1n) is 25.7. The molecule has 2 unspecified atom stereocenters. The number of anilines is 2. The maximum atomic E-state index is 14.7. The van der Waals surface area contributed by atoms with Gasteiger partial charge in [-0.2, -0.15) is 0 Å². The van der Waals surface area contributed by atoms with E-state index in [2.05, 4.69) is 16.7 Å². The van der Waals surface area contributed by atoms with Gasteiger partial charge in [-0.3, -0.25) is 29.2 Å². The van der Waals surface area contributed by atoms with Gasteiger partial charge in [-0.25, -0.2) is 9.69 Å². The van der Waals surface area contributed by atoms with E-state index in [0.717, 1.165) is 21.6 Å². The number of aliphatic hydroxyl groups excluding tert-OH is 1. The van der Waals surface area contributed by atoms with E-state index in [1.54, 1.807) is 60.4 Å². The van der Waals surface area contributed by atoms with Crippen molar-refractivity contribution in [3.63, 3.8) is 0 Å². The largest absolute Gasteiger partial charge is 0.493 e. The number of methoxy groups -OCH3 is 2. The lowest BCUT2D eigenvalue weighted by atomic mass is 9.93. The Labute approximate surface area is 450 Å². The second-order valence-corrected chi connectivity index (χ2v) is 20.0. The van der Waals surface area contributed by atoms with E-state index in [4.69, 9.17) is 39.4 Å². The highest BCUT2D eigenvalue weighted by Crippen LogP contribution is 2.43. The van der Waals surface area contributed by atoms with Gasteiger partial charge in [0.2, 0.25) is 11.8 Å². The molecular formula is C59H60N8O11. The first kappa shape index (κ1) is 52.6. The van der Waals surface area contributed by atoms with E-state index >= 15 is 0 Å². The number of aromatic nitrogens is 1. The summed E-state index contributed by atoms with van der Waals surface area (Å²) in [6.45, 7) is 5.57. The molecule has 402 valence electrons. The average molecular weight is 1060 g/mol. The summed E-state index contributed by atoms with van der Waals surface area (Å²) in [5, 5.41) is 17.7. The number of nitrogens with one attached hydrogen (secondary N) is 2. The number of pyridine rings is 1. The van der Waals surface area contributed by atoms with Gasteiger partial charge in [0.05, 0.1) is 66.2 Å². The molecule has 5 atom stereocenters. The van der Waals surface area contributed by atoms with Gasteiger partial charge in [0.25, 0.3) is 11.8 Å². The van der Waals surface area contributed by atoms with Crippen LogP contribution in [-0.2, 0) is 60.1 Å². The summed E-state index contributed by atoms with van der Waals surface area (Å²) in [4.78, 5) is 82.4. The van der Waals surface area contributed by atoms with Crippen LogP contribution in [0.25, 0.3) is 0 Å². The number of rotatable bonds is 15. The monoisotopic (exact) mass is 1060 g/mol. The van der Waals surface area contributed by atoms with E-state index < -0.39 is 48.2 Å². The highest BCUT2D eigenvalue weighted by Gasteiger charge is 2.45. The molecule has 4 aliphatic rings. The number of carbonyl (C=O) groups excluding carboxylic acids is 5. The summed E-state index contributed by atoms with van der Waals surface area (Å²) in [6, 6.07) is 31.4. The lowest BCUT2D eigenvalue weighted by Gasteiger charge is -2.39. The average Bonchev–Trinajstić information content (AvgIpc) is 3.88. The Morgan fingerprint density at radius 3 is 1.92 bits per heavy atom. The molecule has 0 fully saturated rings. The van der Waals surface area contributed by atoms with Gasteiger partial charge in [-0.15, -0.1) is 0 Å². The number of hydrogen-bond acceptors (Lipinski definition) is 14. The molecule has 19 nitrogen and oxygen atoms in total. The molecule has 5 N–H and O–H groups in total. The number of benzene rings is 5. The zero-order valence-electron chi connectivity index (χ0n) is 43.8. The summed E-state index contributed by atoms with van der Waals surface area (Å²) in [5.74, 6) is -0.472. The normalized spacial score (nSPS) is 17.8. The number of hydrogen-bond donors (Lipinski definition) is 4. The van der Waals surface area contributed by atoms with Crippen LogP contribution in [0.15, 0.2) is 120 Å². The van der Waals surface area contributed by atoms with Gasteiger partial charge in [-0.1, -0.05) is 80.6 Å². The Balaban J connectivity index is 0.852. The fourth-order valence-corrected chi connectivity index (χ4v) is 10.0. The molecule has 5 amide bonds. The van der Waals surface area contributed by atoms with Crippen LogP contribution < -0.4 is 40.2 Å². The Hall–Kier alpha value is -8.81. The van der Waals surface area contributed by atoms with Gasteiger partial charge in [-0.05, 0) is 89.9 Å². The molecule has 5 aromatic carbocycles. The number of amides is 5. The van der Waals surface area contributed by atoms with Crippen LogP contribution >= 0.6 is 0 Å². The highest BCUT2D eigenvalue weighted by molar-refractivity contribution is 6.06. The van der Waals surface area contributed by atoms with Crippen molar-refractivity contribution in [1.29, 1.82) is 0 Å². The molecule has 0 saturated heterocycles. The van der Waals surface area contributed by atoms with Gasteiger partial charge in [0.1, 0.15) is 25.9 Å². The van der Waals surface area contributed by atoms with E-state index in [1.165, 1.54) is 31.9 Å². The van der Waals surface area contributed by atoms with Crippen LogP contribution in [0.5, 0.6) is 23.0 Å².